The van der Waals surface area contributed by atoms with E-state index in [1.165, 1.54) is 7.11 Å². The zero-order valence-corrected chi connectivity index (χ0v) is 10.8. The number of hydrogen-bond donors (Lipinski definition) is 2. The number of methoxy groups -OCH3 is 1. The molecule has 1 amide bonds. The lowest BCUT2D eigenvalue weighted by Crippen LogP contribution is -2.38. The van der Waals surface area contributed by atoms with Crippen LogP contribution in [0.3, 0.4) is 0 Å². The molecular weight excluding hydrogens is 258 g/mol. The van der Waals surface area contributed by atoms with Gasteiger partial charge in [0, 0.05) is 17.7 Å². The first-order valence-electron chi connectivity index (χ1n) is 5.26. The van der Waals surface area contributed by atoms with Crippen molar-refractivity contribution in [1.29, 1.82) is 0 Å². The minimum atomic E-state index is -1.12. The largest absolute Gasteiger partial charge is 0.479 e. The zero-order chi connectivity index (χ0) is 13.7. The van der Waals surface area contributed by atoms with Gasteiger partial charge in [-0.2, -0.15) is 0 Å². The molecule has 1 aromatic rings. The van der Waals surface area contributed by atoms with E-state index in [1.54, 1.807) is 25.1 Å². The normalized spacial score (nSPS) is 11.9. The van der Waals surface area contributed by atoms with Gasteiger partial charge < -0.3 is 15.2 Å². The van der Waals surface area contributed by atoms with Crippen LogP contribution in [0.2, 0.25) is 5.02 Å². The van der Waals surface area contributed by atoms with Crippen molar-refractivity contribution in [2.75, 3.05) is 13.7 Å². The van der Waals surface area contributed by atoms with Gasteiger partial charge in [0.2, 0.25) is 0 Å². The standard InChI is InChI=1S/C12H14ClNO4/c1-7-8(4-3-5-9(7)13)11(15)14-6-10(18-2)12(16)17/h3-5,10H,6H2,1-2H3,(H,14,15)(H,16,17). The van der Waals surface area contributed by atoms with E-state index in [-0.39, 0.29) is 12.5 Å². The van der Waals surface area contributed by atoms with Gasteiger partial charge in [0.25, 0.3) is 5.91 Å². The van der Waals surface area contributed by atoms with Gasteiger partial charge in [0.15, 0.2) is 6.10 Å². The lowest BCUT2D eigenvalue weighted by atomic mass is 10.1. The Morgan fingerprint density at radius 3 is 2.72 bits per heavy atom. The highest BCUT2D eigenvalue weighted by atomic mass is 35.5. The van der Waals surface area contributed by atoms with Gasteiger partial charge in [-0.05, 0) is 24.6 Å². The molecule has 5 nitrogen and oxygen atoms in total. The highest BCUT2D eigenvalue weighted by molar-refractivity contribution is 6.31. The number of nitrogens with one attached hydrogen (secondary N) is 1. The van der Waals surface area contributed by atoms with E-state index in [2.05, 4.69) is 5.32 Å². The maximum atomic E-state index is 11.8. The Bertz CT molecular complexity index is 461. The summed E-state index contributed by atoms with van der Waals surface area (Å²) in [6.07, 6.45) is -1.06. The van der Waals surface area contributed by atoms with E-state index in [4.69, 9.17) is 21.4 Å². The quantitative estimate of drug-likeness (QED) is 0.850. The van der Waals surface area contributed by atoms with Gasteiger partial charge in [0.1, 0.15) is 0 Å². The fourth-order valence-electron chi connectivity index (χ4n) is 1.41. The zero-order valence-electron chi connectivity index (χ0n) is 10.1. The van der Waals surface area contributed by atoms with Crippen LogP contribution in [0.25, 0.3) is 0 Å². The Labute approximate surface area is 110 Å². The lowest BCUT2D eigenvalue weighted by molar-refractivity contribution is -0.148. The molecule has 1 unspecified atom stereocenters. The highest BCUT2D eigenvalue weighted by Crippen LogP contribution is 2.18. The molecule has 0 bridgehead atoms. The van der Waals surface area contributed by atoms with E-state index in [9.17, 15) is 9.59 Å². The Balaban J connectivity index is 2.71. The van der Waals surface area contributed by atoms with Crippen molar-refractivity contribution < 1.29 is 19.4 Å². The van der Waals surface area contributed by atoms with Crippen molar-refractivity contribution in [3.63, 3.8) is 0 Å². The first-order chi connectivity index (χ1) is 8.47. The molecule has 1 rings (SSSR count). The van der Waals surface area contributed by atoms with Crippen molar-refractivity contribution in [1.82, 2.24) is 5.32 Å². The van der Waals surface area contributed by atoms with E-state index in [0.717, 1.165) is 0 Å². The highest BCUT2D eigenvalue weighted by Gasteiger charge is 2.18. The monoisotopic (exact) mass is 271 g/mol. The van der Waals surface area contributed by atoms with Crippen molar-refractivity contribution >= 4 is 23.5 Å². The number of benzene rings is 1. The molecule has 98 valence electrons. The Morgan fingerprint density at radius 1 is 1.50 bits per heavy atom. The van der Waals surface area contributed by atoms with Crippen LogP contribution in [-0.4, -0.2) is 36.7 Å². The average Bonchev–Trinajstić information content (AvgIpc) is 2.32. The average molecular weight is 272 g/mol. The number of carboxylic acids is 1. The van der Waals surface area contributed by atoms with E-state index >= 15 is 0 Å². The molecule has 6 heteroatoms. The van der Waals surface area contributed by atoms with Crippen LogP contribution in [0.1, 0.15) is 15.9 Å². The third-order valence-corrected chi connectivity index (χ3v) is 2.93. The second-order valence-electron chi connectivity index (χ2n) is 3.69. The van der Waals surface area contributed by atoms with Crippen molar-refractivity contribution in [3.05, 3.63) is 34.3 Å². The first kappa shape index (κ1) is 14.5. The van der Waals surface area contributed by atoms with Crippen molar-refractivity contribution in [2.45, 2.75) is 13.0 Å². The smallest absolute Gasteiger partial charge is 0.334 e. The van der Waals surface area contributed by atoms with E-state index < -0.39 is 12.1 Å². The fourth-order valence-corrected chi connectivity index (χ4v) is 1.58. The van der Waals surface area contributed by atoms with Gasteiger partial charge in [-0.15, -0.1) is 0 Å². The van der Waals surface area contributed by atoms with E-state index in [0.29, 0.717) is 16.1 Å². The SMILES string of the molecule is COC(CNC(=O)c1cccc(Cl)c1C)C(=O)O. The number of carboxylic acid groups (broad SMARTS) is 1. The third-order valence-electron chi connectivity index (χ3n) is 2.52. The summed E-state index contributed by atoms with van der Waals surface area (Å²) in [5.41, 5.74) is 1.07. The van der Waals surface area contributed by atoms with Crippen LogP contribution < -0.4 is 5.32 Å². The van der Waals surface area contributed by atoms with Crippen LogP contribution in [0, 0.1) is 6.92 Å². The maximum Gasteiger partial charge on any atom is 0.334 e. The number of amides is 1. The van der Waals surface area contributed by atoms with Crippen LogP contribution in [0.4, 0.5) is 0 Å². The number of carbonyl (C=O) groups excluding carboxylic acids is 1. The van der Waals surface area contributed by atoms with Crippen LogP contribution in [-0.2, 0) is 9.53 Å². The second-order valence-corrected chi connectivity index (χ2v) is 4.09. The summed E-state index contributed by atoms with van der Waals surface area (Å²) in [7, 11) is 1.27. The number of aliphatic carboxylic acids is 1. The molecule has 0 aliphatic rings. The molecule has 0 radical (unpaired) electrons. The molecule has 0 spiro atoms. The predicted molar refractivity (Wildman–Crippen MR) is 67.0 cm³/mol. The topological polar surface area (TPSA) is 75.6 Å². The van der Waals surface area contributed by atoms with E-state index in [1.807, 2.05) is 0 Å². The molecule has 0 aliphatic carbocycles. The minimum Gasteiger partial charge on any atom is -0.479 e. The van der Waals surface area contributed by atoms with Crippen LogP contribution >= 0.6 is 11.6 Å². The lowest BCUT2D eigenvalue weighted by Gasteiger charge is -2.12. The Morgan fingerprint density at radius 2 is 2.17 bits per heavy atom. The Hall–Kier alpha value is -1.59. The number of hydrogen-bond acceptors (Lipinski definition) is 3. The molecule has 1 aromatic carbocycles. The molecular formula is C12H14ClNO4. The van der Waals surface area contributed by atoms with Gasteiger partial charge in [0.05, 0.1) is 6.54 Å². The molecule has 0 heterocycles. The molecule has 0 aromatic heterocycles. The third kappa shape index (κ3) is 3.45. The van der Waals surface area contributed by atoms with Crippen molar-refractivity contribution in [3.8, 4) is 0 Å². The number of rotatable bonds is 5. The molecule has 0 aliphatic heterocycles. The summed E-state index contributed by atoms with van der Waals surface area (Å²) in [6, 6.07) is 4.97. The van der Waals surface area contributed by atoms with Gasteiger partial charge >= 0.3 is 5.97 Å². The van der Waals surface area contributed by atoms with Gasteiger partial charge in [-0.3, -0.25) is 4.79 Å². The molecule has 2 N–H and O–H groups in total. The van der Waals surface area contributed by atoms with Gasteiger partial charge in [-0.25, -0.2) is 4.79 Å². The molecule has 1 atom stereocenters. The second kappa shape index (κ2) is 6.37. The summed E-state index contributed by atoms with van der Waals surface area (Å²) in [4.78, 5) is 22.5. The molecule has 0 fully saturated rings. The summed E-state index contributed by atoms with van der Waals surface area (Å²) in [5.74, 6) is -1.50. The number of halogens is 1. The molecule has 18 heavy (non-hydrogen) atoms. The summed E-state index contributed by atoms with van der Waals surface area (Å²) < 4.78 is 4.71. The fraction of sp³-hybridized carbons (Fsp3) is 0.333. The molecule has 0 saturated carbocycles. The van der Waals surface area contributed by atoms with Crippen LogP contribution in [0.5, 0.6) is 0 Å². The van der Waals surface area contributed by atoms with Crippen molar-refractivity contribution in [2.24, 2.45) is 0 Å². The van der Waals surface area contributed by atoms with Gasteiger partial charge in [-0.1, -0.05) is 17.7 Å². The van der Waals surface area contributed by atoms with Crippen LogP contribution in [0.15, 0.2) is 18.2 Å². The molecule has 0 saturated heterocycles. The summed E-state index contributed by atoms with van der Waals surface area (Å²) >= 11 is 5.90. The Kier molecular flexibility index (Phi) is 5.12. The first-order valence-corrected chi connectivity index (χ1v) is 5.64. The minimum absolute atomic E-state index is 0.101. The maximum absolute atomic E-state index is 11.8. The number of ether oxygens (including phenoxy) is 1. The summed E-state index contributed by atoms with van der Waals surface area (Å²) in [5, 5.41) is 11.7. The summed E-state index contributed by atoms with van der Waals surface area (Å²) in [6.45, 7) is 1.62. The predicted octanol–water partition coefficient (Wildman–Crippen LogP) is 1.48. The number of carbonyl (C=O) groups is 2.